The third-order valence-corrected chi connectivity index (χ3v) is 5.44. The van der Waals surface area contributed by atoms with Crippen LogP contribution in [0, 0.1) is 0 Å². The zero-order chi connectivity index (χ0) is 15.4. The van der Waals surface area contributed by atoms with E-state index in [0.29, 0.717) is 13.0 Å². The normalized spacial score (nSPS) is 23.0. The van der Waals surface area contributed by atoms with E-state index in [1.807, 2.05) is 0 Å². The van der Waals surface area contributed by atoms with Gasteiger partial charge >= 0.3 is 0 Å². The van der Waals surface area contributed by atoms with Crippen LogP contribution in [0.1, 0.15) is 27.1 Å². The van der Waals surface area contributed by atoms with Gasteiger partial charge in [-0.15, -0.1) is 0 Å². The fraction of sp³-hybridized carbons (Fsp3) is 0.385. The molecule has 0 aliphatic carbocycles. The van der Waals surface area contributed by atoms with E-state index < -0.39 is 27.9 Å². The Kier molecular flexibility index (Phi) is 3.31. The summed E-state index contributed by atoms with van der Waals surface area (Å²) in [5, 5.41) is 0.242. The Morgan fingerprint density at radius 2 is 1.95 bits per heavy atom. The third-order valence-electron chi connectivity index (χ3n) is 3.86. The number of carbonyl (C=O) groups excluding carboxylic acids is 2. The smallest absolute Gasteiger partial charge is 0.263 e. The van der Waals surface area contributed by atoms with Gasteiger partial charge in [0.25, 0.3) is 11.8 Å². The monoisotopic (exact) mass is 328 g/mol. The molecule has 112 valence electrons. The second kappa shape index (κ2) is 4.79. The Balaban J connectivity index is 1.92. The number of hydrogen-bond acceptors (Lipinski definition) is 4. The number of imide groups is 1. The zero-order valence-corrected chi connectivity index (χ0v) is 12.8. The van der Waals surface area contributed by atoms with Crippen molar-refractivity contribution in [2.45, 2.75) is 12.5 Å². The van der Waals surface area contributed by atoms with Crippen molar-refractivity contribution in [3.63, 3.8) is 0 Å². The molecule has 2 amide bonds. The summed E-state index contributed by atoms with van der Waals surface area (Å²) >= 11 is 6.00. The Bertz CT molecular complexity index is 747. The van der Waals surface area contributed by atoms with Crippen molar-refractivity contribution in [3.05, 3.63) is 34.3 Å². The molecule has 0 saturated carbocycles. The number of sulfonamides is 1. The number of fused-ring (bicyclic) bond motifs is 1. The van der Waals surface area contributed by atoms with Gasteiger partial charge in [0, 0.05) is 13.1 Å². The molecule has 8 heteroatoms. The van der Waals surface area contributed by atoms with Crippen molar-refractivity contribution in [2.75, 3.05) is 19.3 Å². The number of benzene rings is 1. The van der Waals surface area contributed by atoms with Crippen molar-refractivity contribution in [2.24, 2.45) is 0 Å². The van der Waals surface area contributed by atoms with Gasteiger partial charge in [-0.25, -0.2) is 12.7 Å². The van der Waals surface area contributed by atoms with Crippen LogP contribution in [-0.2, 0) is 10.0 Å². The van der Waals surface area contributed by atoms with Gasteiger partial charge in [-0.1, -0.05) is 17.7 Å². The van der Waals surface area contributed by atoms with Gasteiger partial charge < -0.3 is 0 Å². The van der Waals surface area contributed by atoms with Crippen LogP contribution in [0.2, 0.25) is 5.02 Å². The van der Waals surface area contributed by atoms with E-state index in [-0.39, 0.29) is 22.7 Å². The number of hydrogen-bond donors (Lipinski definition) is 0. The fourth-order valence-electron chi connectivity index (χ4n) is 2.82. The summed E-state index contributed by atoms with van der Waals surface area (Å²) in [6.07, 6.45) is 1.56. The molecule has 3 rings (SSSR count). The zero-order valence-electron chi connectivity index (χ0n) is 11.2. The van der Waals surface area contributed by atoms with Crippen molar-refractivity contribution < 1.29 is 18.0 Å². The molecule has 6 nitrogen and oxygen atoms in total. The molecule has 1 aromatic carbocycles. The Labute approximate surface area is 127 Å². The number of rotatable bonds is 2. The van der Waals surface area contributed by atoms with Crippen molar-refractivity contribution >= 4 is 33.4 Å². The Morgan fingerprint density at radius 1 is 1.24 bits per heavy atom. The summed E-state index contributed by atoms with van der Waals surface area (Å²) in [4.78, 5) is 25.9. The van der Waals surface area contributed by atoms with Gasteiger partial charge in [0.2, 0.25) is 10.0 Å². The molecule has 1 unspecified atom stereocenters. The quantitative estimate of drug-likeness (QED) is 0.758. The maximum Gasteiger partial charge on any atom is 0.263 e. The van der Waals surface area contributed by atoms with E-state index in [0.717, 1.165) is 11.2 Å². The first-order chi connectivity index (χ1) is 9.80. The largest absolute Gasteiger partial charge is 0.270 e. The first-order valence-corrected chi connectivity index (χ1v) is 8.65. The van der Waals surface area contributed by atoms with E-state index >= 15 is 0 Å². The van der Waals surface area contributed by atoms with Crippen molar-refractivity contribution in [1.29, 1.82) is 0 Å². The van der Waals surface area contributed by atoms with Crippen LogP contribution in [-0.4, -0.2) is 54.8 Å². The molecular formula is C13H13ClN2O4S. The lowest BCUT2D eigenvalue weighted by atomic mass is 10.1. The van der Waals surface area contributed by atoms with Gasteiger partial charge in [0.15, 0.2) is 0 Å². The summed E-state index contributed by atoms with van der Waals surface area (Å²) in [6.45, 7) is 0.451. The summed E-state index contributed by atoms with van der Waals surface area (Å²) in [5.74, 6) is -0.848. The predicted octanol–water partition coefficient (Wildman–Crippen LogP) is 0.970. The summed E-state index contributed by atoms with van der Waals surface area (Å²) in [6, 6.07) is 4.30. The predicted molar refractivity (Wildman–Crippen MR) is 76.8 cm³/mol. The number of amides is 2. The molecule has 2 aliphatic rings. The molecule has 1 atom stereocenters. The lowest BCUT2D eigenvalue weighted by Gasteiger charge is -2.22. The molecular weight excluding hydrogens is 316 g/mol. The van der Waals surface area contributed by atoms with Crippen LogP contribution in [0.4, 0.5) is 0 Å². The number of carbonyl (C=O) groups is 2. The number of halogens is 1. The summed E-state index contributed by atoms with van der Waals surface area (Å²) in [5.41, 5.74) is 0.493. The Morgan fingerprint density at radius 3 is 2.52 bits per heavy atom. The molecule has 1 fully saturated rings. The average molecular weight is 329 g/mol. The van der Waals surface area contributed by atoms with E-state index in [1.54, 1.807) is 18.2 Å². The van der Waals surface area contributed by atoms with Gasteiger partial charge in [0.1, 0.15) is 0 Å². The lowest BCUT2D eigenvalue weighted by molar-refractivity contribution is 0.0593. The van der Waals surface area contributed by atoms with Crippen LogP contribution in [0.5, 0.6) is 0 Å². The second-order valence-corrected chi connectivity index (χ2v) is 7.60. The molecule has 0 bridgehead atoms. The summed E-state index contributed by atoms with van der Waals surface area (Å²) in [7, 11) is -3.32. The summed E-state index contributed by atoms with van der Waals surface area (Å²) < 4.78 is 24.4. The molecule has 0 spiro atoms. The minimum absolute atomic E-state index is 0.141. The van der Waals surface area contributed by atoms with E-state index in [9.17, 15) is 18.0 Å². The standard InChI is InChI=1S/C13H13ClN2O4S/c1-21(19,20)15-6-5-8(7-15)16-12(17)9-3-2-4-10(14)11(9)13(16)18/h2-4,8H,5-7H2,1H3. The molecule has 1 saturated heterocycles. The fourth-order valence-corrected chi connectivity index (χ4v) is 3.95. The van der Waals surface area contributed by atoms with Crippen LogP contribution in [0.15, 0.2) is 18.2 Å². The second-order valence-electron chi connectivity index (χ2n) is 5.21. The van der Waals surface area contributed by atoms with Crippen LogP contribution in [0.25, 0.3) is 0 Å². The van der Waals surface area contributed by atoms with E-state index in [2.05, 4.69) is 0 Å². The minimum atomic E-state index is -3.32. The highest BCUT2D eigenvalue weighted by atomic mass is 35.5. The van der Waals surface area contributed by atoms with E-state index in [4.69, 9.17) is 11.6 Å². The highest BCUT2D eigenvalue weighted by Gasteiger charge is 2.44. The Hall–Kier alpha value is -1.44. The molecule has 2 heterocycles. The third kappa shape index (κ3) is 2.25. The molecule has 0 N–H and O–H groups in total. The van der Waals surface area contributed by atoms with E-state index in [1.165, 1.54) is 4.31 Å². The SMILES string of the molecule is CS(=O)(=O)N1CCC(N2C(=O)c3cccc(Cl)c3C2=O)C1. The highest BCUT2D eigenvalue weighted by molar-refractivity contribution is 7.88. The molecule has 2 aliphatic heterocycles. The highest BCUT2D eigenvalue weighted by Crippen LogP contribution is 2.32. The molecule has 0 radical (unpaired) electrons. The lowest BCUT2D eigenvalue weighted by Crippen LogP contribution is -2.42. The first kappa shape index (κ1) is 14.5. The average Bonchev–Trinajstić information content (AvgIpc) is 2.95. The van der Waals surface area contributed by atoms with Crippen LogP contribution in [0.3, 0.4) is 0 Å². The molecule has 0 aromatic heterocycles. The molecule has 1 aromatic rings. The minimum Gasteiger partial charge on any atom is -0.270 e. The molecule has 21 heavy (non-hydrogen) atoms. The topological polar surface area (TPSA) is 74.8 Å². The van der Waals surface area contributed by atoms with Crippen LogP contribution < -0.4 is 0 Å². The van der Waals surface area contributed by atoms with Gasteiger partial charge in [0.05, 0.1) is 28.4 Å². The van der Waals surface area contributed by atoms with Crippen molar-refractivity contribution in [1.82, 2.24) is 9.21 Å². The first-order valence-electron chi connectivity index (χ1n) is 6.42. The maximum atomic E-state index is 12.4. The maximum absolute atomic E-state index is 12.4. The van der Waals surface area contributed by atoms with Gasteiger partial charge in [-0.2, -0.15) is 0 Å². The van der Waals surface area contributed by atoms with Gasteiger partial charge in [-0.3, -0.25) is 14.5 Å². The van der Waals surface area contributed by atoms with Crippen LogP contribution >= 0.6 is 11.6 Å². The number of nitrogens with zero attached hydrogens (tertiary/aromatic N) is 2. The van der Waals surface area contributed by atoms with Gasteiger partial charge in [-0.05, 0) is 18.6 Å². The van der Waals surface area contributed by atoms with Crippen molar-refractivity contribution in [3.8, 4) is 0 Å².